The van der Waals surface area contributed by atoms with Crippen LogP contribution >= 0.6 is 0 Å². The minimum atomic E-state index is -1.47. The highest BCUT2D eigenvalue weighted by molar-refractivity contribution is 5.84. The Kier molecular flexibility index (Phi) is 7.17. The number of nitrogen functional groups attached to an aromatic ring is 1. The Hall–Kier alpha value is -3.26. The molecular weight excluding hydrogens is 433 g/mol. The third-order valence-corrected chi connectivity index (χ3v) is 5.98. The predicted molar refractivity (Wildman–Crippen MR) is 116 cm³/mol. The largest absolute Gasteiger partial charge is 0.455 e. The second kappa shape index (κ2) is 9.70. The number of ether oxygens (including phenoxy) is 3. The molecule has 178 valence electrons. The Balaban J connectivity index is 1.78. The summed E-state index contributed by atoms with van der Waals surface area (Å²) in [6.45, 7) is 7.01. The van der Waals surface area contributed by atoms with Gasteiger partial charge in [-0.2, -0.15) is 14.4 Å². The van der Waals surface area contributed by atoms with Gasteiger partial charge in [-0.1, -0.05) is 26.7 Å². The van der Waals surface area contributed by atoms with E-state index in [0.717, 1.165) is 0 Å². The van der Waals surface area contributed by atoms with Crippen LogP contribution in [0, 0.1) is 24.3 Å². The van der Waals surface area contributed by atoms with Gasteiger partial charge in [0.25, 0.3) is 0 Å². The van der Waals surface area contributed by atoms with Crippen LogP contribution in [0.3, 0.4) is 0 Å². The van der Waals surface area contributed by atoms with Crippen LogP contribution in [-0.2, 0) is 23.8 Å². The Morgan fingerprint density at radius 2 is 2.09 bits per heavy atom. The molecule has 1 saturated heterocycles. The van der Waals surface area contributed by atoms with E-state index in [0.29, 0.717) is 12.8 Å². The monoisotopic (exact) mass is 461 g/mol. The molecule has 0 spiro atoms. The second-order valence-corrected chi connectivity index (χ2v) is 8.08. The zero-order valence-electron chi connectivity index (χ0n) is 19.1. The third-order valence-electron chi connectivity index (χ3n) is 5.98. The summed E-state index contributed by atoms with van der Waals surface area (Å²) in [5.74, 6) is 0.888. The molecule has 0 saturated carbocycles. The van der Waals surface area contributed by atoms with Crippen LogP contribution in [-0.4, -0.2) is 49.3 Å². The lowest BCUT2D eigenvalue weighted by Crippen LogP contribution is -2.45. The van der Waals surface area contributed by atoms with Crippen LogP contribution in [0.15, 0.2) is 6.33 Å². The molecule has 1 aliphatic heterocycles. The molecule has 0 bridgehead atoms. The molecule has 4 atom stereocenters. The number of nitrogens with two attached hydrogens (primary N) is 1. The molecule has 3 unspecified atom stereocenters. The van der Waals surface area contributed by atoms with Crippen molar-refractivity contribution in [2.75, 3.05) is 5.73 Å². The molecule has 2 aromatic heterocycles. The fourth-order valence-electron chi connectivity index (χ4n) is 3.64. The van der Waals surface area contributed by atoms with E-state index in [1.54, 1.807) is 6.92 Å². The second-order valence-electron chi connectivity index (χ2n) is 8.08. The summed E-state index contributed by atoms with van der Waals surface area (Å²) < 4.78 is 32.2. The fraction of sp³-hybridized carbons (Fsp3) is 0.591. The van der Waals surface area contributed by atoms with E-state index >= 15 is 0 Å². The van der Waals surface area contributed by atoms with Crippen molar-refractivity contribution >= 4 is 28.9 Å². The molecule has 2 N–H and O–H groups in total. The van der Waals surface area contributed by atoms with E-state index < -0.39 is 42.1 Å². The molecule has 33 heavy (non-hydrogen) atoms. The average molecular weight is 461 g/mol. The van der Waals surface area contributed by atoms with E-state index in [9.17, 15) is 14.0 Å². The number of aromatic nitrogens is 4. The summed E-state index contributed by atoms with van der Waals surface area (Å²) in [5.41, 5.74) is 4.58. The minimum Gasteiger partial charge on any atom is -0.455 e. The van der Waals surface area contributed by atoms with Crippen LogP contribution in [0.2, 0.25) is 0 Å². The number of carbonyl (C=O) groups excluding carboxylic acids is 2. The summed E-state index contributed by atoms with van der Waals surface area (Å²) in [4.78, 5) is 36.8. The zero-order chi connectivity index (χ0) is 24.3. The van der Waals surface area contributed by atoms with Crippen molar-refractivity contribution in [2.24, 2.45) is 5.92 Å². The Morgan fingerprint density at radius 3 is 2.70 bits per heavy atom. The highest BCUT2D eigenvalue weighted by Gasteiger charge is 2.44. The third kappa shape index (κ3) is 4.75. The maximum absolute atomic E-state index is 13.7. The summed E-state index contributed by atoms with van der Waals surface area (Å²) in [6, 6.07) is 0. The maximum Gasteiger partial charge on any atom is 0.350 e. The molecular formula is C22H28FN5O5. The van der Waals surface area contributed by atoms with Crippen molar-refractivity contribution in [3.8, 4) is 12.3 Å². The lowest BCUT2D eigenvalue weighted by atomic mass is 10.0. The molecule has 1 aliphatic rings. The molecule has 3 heterocycles. The number of hydrogen-bond donors (Lipinski definition) is 1. The van der Waals surface area contributed by atoms with Crippen molar-refractivity contribution in [2.45, 2.75) is 77.4 Å². The van der Waals surface area contributed by atoms with Crippen molar-refractivity contribution in [1.82, 2.24) is 19.5 Å². The summed E-state index contributed by atoms with van der Waals surface area (Å²) in [5, 5.41) is 0. The molecule has 2 aromatic rings. The van der Waals surface area contributed by atoms with Gasteiger partial charge >= 0.3 is 18.0 Å². The van der Waals surface area contributed by atoms with Gasteiger partial charge in [-0.25, -0.2) is 9.78 Å². The van der Waals surface area contributed by atoms with Gasteiger partial charge in [0.1, 0.15) is 12.3 Å². The van der Waals surface area contributed by atoms with E-state index in [-0.39, 0.29) is 35.7 Å². The molecule has 0 aliphatic carbocycles. The van der Waals surface area contributed by atoms with Crippen molar-refractivity contribution in [1.29, 1.82) is 0 Å². The van der Waals surface area contributed by atoms with Crippen LogP contribution in [0.25, 0.3) is 11.2 Å². The van der Waals surface area contributed by atoms with Gasteiger partial charge in [0.2, 0.25) is 5.60 Å². The van der Waals surface area contributed by atoms with E-state index in [1.807, 2.05) is 13.8 Å². The van der Waals surface area contributed by atoms with Gasteiger partial charge in [0.15, 0.2) is 23.1 Å². The molecule has 11 heteroatoms. The van der Waals surface area contributed by atoms with Crippen LogP contribution in [0.1, 0.15) is 59.6 Å². The molecule has 0 aromatic carbocycles. The van der Waals surface area contributed by atoms with Gasteiger partial charge in [-0.3, -0.25) is 9.36 Å². The first kappa shape index (κ1) is 24.4. The van der Waals surface area contributed by atoms with Gasteiger partial charge < -0.3 is 19.9 Å². The normalized spacial score (nSPS) is 22.2. The summed E-state index contributed by atoms with van der Waals surface area (Å²) in [7, 11) is 0. The first-order chi connectivity index (χ1) is 15.7. The standard InChI is InChI=1S/C22H28FN5O5/c1-6-12(7-2)19(29)33-22(5,9-4)20(30)32-14-10-15(31-13(14)8-3)28-11-25-16-17(24)26-21(23)27-18(16)28/h3,11-15H,6-7,9-10H2,1-2,4-5H3,(H2,24,26,27)/t13?,14?,15-,22?/m1/s1. The van der Waals surface area contributed by atoms with Gasteiger partial charge in [0, 0.05) is 6.42 Å². The van der Waals surface area contributed by atoms with E-state index in [1.165, 1.54) is 17.8 Å². The summed E-state index contributed by atoms with van der Waals surface area (Å²) in [6.07, 6.45) is 5.11. The van der Waals surface area contributed by atoms with Gasteiger partial charge in [-0.15, -0.1) is 6.42 Å². The number of esters is 2. The molecule has 0 amide bonds. The minimum absolute atomic E-state index is 0.108. The Labute approximate surface area is 191 Å². The highest BCUT2D eigenvalue weighted by atomic mass is 19.1. The highest BCUT2D eigenvalue weighted by Crippen LogP contribution is 2.34. The van der Waals surface area contributed by atoms with Gasteiger partial charge in [0.05, 0.1) is 12.2 Å². The molecule has 3 rings (SSSR count). The Morgan fingerprint density at radius 1 is 1.39 bits per heavy atom. The number of terminal acetylenes is 1. The quantitative estimate of drug-likeness (QED) is 0.358. The van der Waals surface area contributed by atoms with Gasteiger partial charge in [-0.05, 0) is 26.2 Å². The Bertz CT molecular complexity index is 1080. The maximum atomic E-state index is 13.7. The van der Waals surface area contributed by atoms with Crippen molar-refractivity contribution in [3.63, 3.8) is 0 Å². The lowest BCUT2D eigenvalue weighted by Gasteiger charge is -2.29. The number of fused-ring (bicyclic) bond motifs is 1. The number of hydrogen-bond acceptors (Lipinski definition) is 9. The van der Waals surface area contributed by atoms with E-state index in [4.69, 9.17) is 26.4 Å². The number of rotatable bonds is 8. The SMILES string of the molecule is C#CC1O[C@@H](n2cnc3c(N)nc(F)nc32)CC1OC(=O)C(C)(CC)OC(=O)C(CC)CC. The summed E-state index contributed by atoms with van der Waals surface area (Å²) >= 11 is 0. The van der Waals surface area contributed by atoms with Crippen LogP contribution in [0.4, 0.5) is 10.2 Å². The number of carbonyl (C=O) groups is 2. The van der Waals surface area contributed by atoms with Crippen LogP contribution in [0.5, 0.6) is 0 Å². The lowest BCUT2D eigenvalue weighted by molar-refractivity contribution is -0.188. The smallest absolute Gasteiger partial charge is 0.350 e. The van der Waals surface area contributed by atoms with Crippen molar-refractivity contribution in [3.05, 3.63) is 12.4 Å². The van der Waals surface area contributed by atoms with E-state index in [2.05, 4.69) is 20.9 Å². The average Bonchev–Trinajstić information content (AvgIpc) is 3.38. The molecule has 1 fully saturated rings. The molecule has 10 nitrogen and oxygen atoms in total. The van der Waals surface area contributed by atoms with Crippen LogP contribution < -0.4 is 5.73 Å². The first-order valence-electron chi connectivity index (χ1n) is 10.9. The predicted octanol–water partition coefficient (Wildman–Crippen LogP) is 2.53. The van der Waals surface area contributed by atoms with Crippen molar-refractivity contribution < 1.29 is 28.2 Å². The topological polar surface area (TPSA) is 131 Å². The zero-order valence-corrected chi connectivity index (χ0v) is 19.1. The first-order valence-corrected chi connectivity index (χ1v) is 10.9. The number of anilines is 1. The molecule has 0 radical (unpaired) electrons. The number of imidazole rings is 1. The number of nitrogens with zero attached hydrogens (tertiary/aromatic N) is 4. The number of halogens is 1. The fourth-order valence-corrected chi connectivity index (χ4v) is 3.64.